The van der Waals surface area contributed by atoms with Crippen molar-refractivity contribution in [3.8, 4) is 9.88 Å². The van der Waals surface area contributed by atoms with E-state index in [9.17, 15) is 9.59 Å². The Morgan fingerprint density at radius 3 is 2.60 bits per heavy atom. The van der Waals surface area contributed by atoms with Crippen molar-refractivity contribution in [2.24, 2.45) is 0 Å². The van der Waals surface area contributed by atoms with Crippen LogP contribution in [0.25, 0.3) is 9.88 Å². The van der Waals surface area contributed by atoms with Crippen LogP contribution in [0.3, 0.4) is 0 Å². The molecule has 0 spiro atoms. The van der Waals surface area contributed by atoms with Gasteiger partial charge in [0.1, 0.15) is 5.01 Å². The Morgan fingerprint density at radius 1 is 1.12 bits per heavy atom. The van der Waals surface area contributed by atoms with Crippen LogP contribution < -0.4 is 0 Å². The lowest BCUT2D eigenvalue weighted by Gasteiger charge is -2.04. The number of esters is 1. The molecule has 0 radical (unpaired) electrons. The number of benzene rings is 1. The number of hydrogen-bond acceptors (Lipinski definition) is 6. The molecule has 0 amide bonds. The summed E-state index contributed by atoms with van der Waals surface area (Å²) in [4.78, 5) is 29.5. The SMILES string of the molecule is CCCc1ccc(C(=O)COC(=O)c2csc(-c3cccs3)n2)cc1. The molecular formula is C19H17NO3S2. The molecule has 6 heteroatoms. The summed E-state index contributed by atoms with van der Waals surface area (Å²) in [6, 6.07) is 11.3. The van der Waals surface area contributed by atoms with Crippen LogP contribution in [0.15, 0.2) is 47.2 Å². The number of ether oxygens (including phenoxy) is 1. The highest BCUT2D eigenvalue weighted by Gasteiger charge is 2.16. The number of carbonyl (C=O) groups is 2. The molecular weight excluding hydrogens is 354 g/mol. The van der Waals surface area contributed by atoms with Gasteiger partial charge in [0.2, 0.25) is 0 Å². The monoisotopic (exact) mass is 371 g/mol. The number of thiazole rings is 1. The molecule has 2 aromatic heterocycles. The molecule has 0 fully saturated rings. The molecule has 0 aliphatic heterocycles. The average molecular weight is 371 g/mol. The first-order valence-corrected chi connectivity index (χ1v) is 9.72. The largest absolute Gasteiger partial charge is 0.453 e. The van der Waals surface area contributed by atoms with Gasteiger partial charge >= 0.3 is 5.97 Å². The second-order valence-corrected chi connectivity index (χ2v) is 7.27. The lowest BCUT2D eigenvalue weighted by atomic mass is 10.1. The number of aromatic nitrogens is 1. The summed E-state index contributed by atoms with van der Waals surface area (Å²) < 4.78 is 5.11. The Balaban J connectivity index is 1.57. The van der Waals surface area contributed by atoms with Gasteiger partial charge in [0, 0.05) is 10.9 Å². The van der Waals surface area contributed by atoms with Gasteiger partial charge in [-0.1, -0.05) is 43.7 Å². The Hall–Kier alpha value is -2.31. The van der Waals surface area contributed by atoms with Crippen molar-refractivity contribution < 1.29 is 14.3 Å². The van der Waals surface area contributed by atoms with E-state index in [2.05, 4.69) is 11.9 Å². The minimum atomic E-state index is -0.574. The van der Waals surface area contributed by atoms with Crippen molar-refractivity contribution >= 4 is 34.4 Å². The van der Waals surface area contributed by atoms with Crippen LogP contribution in [0.5, 0.6) is 0 Å². The van der Waals surface area contributed by atoms with Gasteiger partial charge in [0.05, 0.1) is 4.88 Å². The van der Waals surface area contributed by atoms with Gasteiger partial charge in [-0.3, -0.25) is 4.79 Å². The summed E-state index contributed by atoms with van der Waals surface area (Å²) in [5.41, 5.74) is 1.98. The highest BCUT2D eigenvalue weighted by Crippen LogP contribution is 2.27. The molecule has 0 aliphatic carbocycles. The average Bonchev–Trinajstić information content (AvgIpc) is 3.31. The van der Waals surface area contributed by atoms with Gasteiger partial charge in [0.25, 0.3) is 0 Å². The topological polar surface area (TPSA) is 56.3 Å². The summed E-state index contributed by atoms with van der Waals surface area (Å²) in [6.07, 6.45) is 2.05. The van der Waals surface area contributed by atoms with E-state index in [1.54, 1.807) is 28.8 Å². The van der Waals surface area contributed by atoms with Crippen molar-refractivity contribution in [3.63, 3.8) is 0 Å². The summed E-state index contributed by atoms with van der Waals surface area (Å²) in [6.45, 7) is 1.83. The second kappa shape index (κ2) is 8.18. The van der Waals surface area contributed by atoms with E-state index in [1.807, 2.05) is 29.6 Å². The number of carbonyl (C=O) groups excluding carboxylic acids is 2. The number of Topliss-reactive ketones (excluding diaryl/α,β-unsaturated/α-hetero) is 1. The quantitative estimate of drug-likeness (QED) is 0.439. The zero-order chi connectivity index (χ0) is 17.6. The first-order valence-electron chi connectivity index (χ1n) is 7.96. The van der Waals surface area contributed by atoms with Crippen LogP contribution in [0, 0.1) is 0 Å². The minimum Gasteiger partial charge on any atom is -0.453 e. The summed E-state index contributed by atoms with van der Waals surface area (Å²) in [7, 11) is 0. The summed E-state index contributed by atoms with van der Waals surface area (Å²) in [5.74, 6) is -0.792. The fourth-order valence-electron chi connectivity index (χ4n) is 2.32. The minimum absolute atomic E-state index is 0.217. The molecule has 0 aliphatic rings. The standard InChI is InChI=1S/C19H17NO3S2/c1-2-4-13-6-8-14(9-7-13)16(21)11-23-19(22)15-12-25-18(20-15)17-5-3-10-24-17/h3,5-10,12H,2,4,11H2,1H3. The highest BCUT2D eigenvalue weighted by atomic mass is 32.1. The van der Waals surface area contributed by atoms with Gasteiger partial charge in [-0.15, -0.1) is 22.7 Å². The van der Waals surface area contributed by atoms with Gasteiger partial charge < -0.3 is 4.74 Å². The molecule has 0 atom stereocenters. The second-order valence-electron chi connectivity index (χ2n) is 5.46. The first kappa shape index (κ1) is 17.5. The third-order valence-electron chi connectivity index (χ3n) is 3.59. The van der Waals surface area contributed by atoms with E-state index >= 15 is 0 Å². The fourth-order valence-corrected chi connectivity index (χ4v) is 3.92. The molecule has 2 heterocycles. The van der Waals surface area contributed by atoms with E-state index in [-0.39, 0.29) is 18.1 Å². The van der Waals surface area contributed by atoms with Crippen molar-refractivity contribution in [1.82, 2.24) is 4.98 Å². The Kier molecular flexibility index (Phi) is 5.73. The number of thiophene rings is 1. The van der Waals surface area contributed by atoms with Crippen LogP contribution in [0.1, 0.15) is 39.8 Å². The number of ketones is 1. The number of hydrogen-bond donors (Lipinski definition) is 0. The fraction of sp³-hybridized carbons (Fsp3) is 0.211. The molecule has 4 nitrogen and oxygen atoms in total. The van der Waals surface area contributed by atoms with E-state index in [4.69, 9.17) is 4.74 Å². The molecule has 0 bridgehead atoms. The Labute approximate surface area is 154 Å². The lowest BCUT2D eigenvalue weighted by molar-refractivity contribution is 0.0470. The highest BCUT2D eigenvalue weighted by molar-refractivity contribution is 7.20. The summed E-state index contributed by atoms with van der Waals surface area (Å²) in [5, 5.41) is 4.39. The number of rotatable bonds is 7. The van der Waals surface area contributed by atoms with Crippen molar-refractivity contribution in [3.05, 3.63) is 64.0 Å². The van der Waals surface area contributed by atoms with Crippen molar-refractivity contribution in [1.29, 1.82) is 0 Å². The van der Waals surface area contributed by atoms with Gasteiger partial charge in [-0.05, 0) is 23.4 Å². The smallest absolute Gasteiger partial charge is 0.358 e. The van der Waals surface area contributed by atoms with Crippen LogP contribution in [-0.2, 0) is 11.2 Å². The van der Waals surface area contributed by atoms with E-state index in [1.165, 1.54) is 16.9 Å². The predicted octanol–water partition coefficient (Wildman–Crippen LogP) is 4.86. The van der Waals surface area contributed by atoms with Crippen LogP contribution >= 0.6 is 22.7 Å². The zero-order valence-electron chi connectivity index (χ0n) is 13.7. The van der Waals surface area contributed by atoms with Crippen LogP contribution in [-0.4, -0.2) is 23.3 Å². The maximum Gasteiger partial charge on any atom is 0.358 e. The van der Waals surface area contributed by atoms with Gasteiger partial charge in [-0.25, -0.2) is 9.78 Å². The van der Waals surface area contributed by atoms with E-state index in [0.717, 1.165) is 22.7 Å². The third kappa shape index (κ3) is 4.41. The molecule has 0 saturated heterocycles. The Morgan fingerprint density at radius 2 is 1.92 bits per heavy atom. The maximum absolute atomic E-state index is 12.1. The van der Waals surface area contributed by atoms with Gasteiger partial charge in [-0.2, -0.15) is 0 Å². The maximum atomic E-state index is 12.1. The third-order valence-corrected chi connectivity index (χ3v) is 5.48. The van der Waals surface area contributed by atoms with E-state index in [0.29, 0.717) is 5.56 Å². The normalized spacial score (nSPS) is 10.6. The molecule has 1 aromatic carbocycles. The molecule has 3 aromatic rings. The lowest BCUT2D eigenvalue weighted by Crippen LogP contribution is -2.14. The van der Waals surface area contributed by atoms with Crippen molar-refractivity contribution in [2.75, 3.05) is 6.61 Å². The van der Waals surface area contributed by atoms with Crippen LogP contribution in [0.4, 0.5) is 0 Å². The molecule has 25 heavy (non-hydrogen) atoms. The molecule has 3 rings (SSSR count). The molecule has 0 unspecified atom stereocenters. The molecule has 0 N–H and O–H groups in total. The predicted molar refractivity (Wildman–Crippen MR) is 100 cm³/mol. The number of nitrogens with zero attached hydrogens (tertiary/aromatic N) is 1. The van der Waals surface area contributed by atoms with Gasteiger partial charge in [0.15, 0.2) is 18.1 Å². The van der Waals surface area contributed by atoms with E-state index < -0.39 is 5.97 Å². The first-order chi connectivity index (χ1) is 12.2. The number of aryl methyl sites for hydroxylation is 1. The Bertz CT molecular complexity index is 851. The van der Waals surface area contributed by atoms with Crippen molar-refractivity contribution in [2.45, 2.75) is 19.8 Å². The summed E-state index contributed by atoms with van der Waals surface area (Å²) >= 11 is 2.95. The zero-order valence-corrected chi connectivity index (χ0v) is 15.4. The molecule has 0 saturated carbocycles. The van der Waals surface area contributed by atoms with Crippen LogP contribution in [0.2, 0.25) is 0 Å². The molecule has 128 valence electrons.